The van der Waals surface area contributed by atoms with Gasteiger partial charge in [0, 0.05) is 6.07 Å². The van der Waals surface area contributed by atoms with Gasteiger partial charge in [0.1, 0.15) is 5.56 Å². The average Bonchev–Trinajstić information content (AvgIpc) is 2.11. The van der Waals surface area contributed by atoms with Crippen LogP contribution in [0.1, 0.15) is 15.9 Å². The zero-order valence-corrected chi connectivity index (χ0v) is 8.23. The minimum Gasteiger partial charge on any atom is -0.494 e. The Morgan fingerprint density at radius 1 is 1.60 bits per heavy atom. The molecule has 0 aliphatic rings. The summed E-state index contributed by atoms with van der Waals surface area (Å²) in [6.45, 7) is 1.12. The second-order valence-corrected chi connectivity index (χ2v) is 3.10. The molecule has 0 aliphatic heterocycles. The highest BCUT2D eigenvalue weighted by molar-refractivity contribution is 5.96. The van der Waals surface area contributed by atoms with Gasteiger partial charge < -0.3 is 15.9 Å². The molecule has 1 amide bonds. The quantitative estimate of drug-likeness (QED) is 0.594. The molecule has 82 valence electrons. The van der Waals surface area contributed by atoms with E-state index in [1.165, 1.54) is 13.0 Å². The number of aryl methyl sites for hydroxylation is 1. The number of aromatic nitrogens is 1. The zero-order valence-electron chi connectivity index (χ0n) is 8.23. The first kappa shape index (κ1) is 11.3. The second kappa shape index (κ2) is 4.14. The monoisotopic (exact) mass is 212 g/mol. The van der Waals surface area contributed by atoms with Crippen molar-refractivity contribution in [1.29, 1.82) is 0 Å². The molecule has 4 N–H and O–H groups in total. The van der Waals surface area contributed by atoms with E-state index in [0.717, 1.165) is 4.57 Å². The lowest BCUT2D eigenvalue weighted by Gasteiger charge is -2.11. The SMILES string of the molecule is Cc1cc(=O)n(CCO)c(O)c1C(N)=O. The molecule has 0 fully saturated rings. The predicted octanol–water partition coefficient (Wildman–Crippen LogP) is -1.05. The van der Waals surface area contributed by atoms with Crippen LogP contribution in [-0.2, 0) is 6.54 Å². The lowest BCUT2D eigenvalue weighted by Crippen LogP contribution is -2.25. The highest BCUT2D eigenvalue weighted by Gasteiger charge is 2.16. The standard InChI is InChI=1S/C9H12N2O4/c1-5-4-6(13)11(2-3-12)9(15)7(5)8(10)14/h4,12,15H,2-3H2,1H3,(H2,10,14). The fraction of sp³-hybridized carbons (Fsp3) is 0.333. The van der Waals surface area contributed by atoms with Gasteiger partial charge in [-0.3, -0.25) is 14.2 Å². The molecule has 0 bridgehead atoms. The molecule has 6 heteroatoms. The summed E-state index contributed by atoms with van der Waals surface area (Å²) >= 11 is 0. The van der Waals surface area contributed by atoms with Gasteiger partial charge in [0.05, 0.1) is 13.2 Å². The van der Waals surface area contributed by atoms with E-state index < -0.39 is 17.3 Å². The van der Waals surface area contributed by atoms with E-state index >= 15 is 0 Å². The van der Waals surface area contributed by atoms with Crippen molar-refractivity contribution in [3.63, 3.8) is 0 Å². The number of aromatic hydroxyl groups is 1. The first-order chi connectivity index (χ1) is 6.99. The first-order valence-electron chi connectivity index (χ1n) is 4.33. The van der Waals surface area contributed by atoms with Crippen molar-refractivity contribution in [2.45, 2.75) is 13.5 Å². The molecule has 6 nitrogen and oxygen atoms in total. The number of hydrogen-bond donors (Lipinski definition) is 3. The van der Waals surface area contributed by atoms with Crippen LogP contribution in [0.5, 0.6) is 5.88 Å². The molecule has 0 atom stereocenters. The summed E-state index contributed by atoms with van der Waals surface area (Å²) < 4.78 is 0.896. The van der Waals surface area contributed by atoms with E-state index in [9.17, 15) is 14.7 Å². The zero-order chi connectivity index (χ0) is 11.6. The molecule has 0 aliphatic carbocycles. The van der Waals surface area contributed by atoms with Crippen LogP contribution in [0.4, 0.5) is 0 Å². The summed E-state index contributed by atoms with van der Waals surface area (Å²) in [5, 5.41) is 18.3. The van der Waals surface area contributed by atoms with Gasteiger partial charge in [-0.05, 0) is 12.5 Å². The van der Waals surface area contributed by atoms with Crippen molar-refractivity contribution in [2.75, 3.05) is 6.61 Å². The fourth-order valence-electron chi connectivity index (χ4n) is 1.37. The van der Waals surface area contributed by atoms with Gasteiger partial charge >= 0.3 is 0 Å². The van der Waals surface area contributed by atoms with Gasteiger partial charge in [-0.25, -0.2) is 0 Å². The van der Waals surface area contributed by atoms with Crippen LogP contribution in [0.3, 0.4) is 0 Å². The number of nitrogens with zero attached hydrogens (tertiary/aromatic N) is 1. The highest BCUT2D eigenvalue weighted by atomic mass is 16.3. The number of carbonyl (C=O) groups excluding carboxylic acids is 1. The average molecular weight is 212 g/mol. The summed E-state index contributed by atoms with van der Waals surface area (Å²) in [6.07, 6.45) is 0. The van der Waals surface area contributed by atoms with Crippen molar-refractivity contribution in [1.82, 2.24) is 4.57 Å². The number of amides is 1. The summed E-state index contributed by atoms with van der Waals surface area (Å²) in [5.41, 5.74) is 4.80. The molecular weight excluding hydrogens is 200 g/mol. The number of aliphatic hydroxyl groups is 1. The first-order valence-corrected chi connectivity index (χ1v) is 4.33. The molecule has 0 aromatic carbocycles. The number of rotatable bonds is 3. The largest absolute Gasteiger partial charge is 0.494 e. The van der Waals surface area contributed by atoms with E-state index in [1.807, 2.05) is 0 Å². The van der Waals surface area contributed by atoms with Crippen molar-refractivity contribution in [2.24, 2.45) is 5.73 Å². The van der Waals surface area contributed by atoms with Gasteiger partial charge in [0.25, 0.3) is 11.5 Å². The van der Waals surface area contributed by atoms with Crippen molar-refractivity contribution in [3.8, 4) is 5.88 Å². The topological polar surface area (TPSA) is 106 Å². The molecule has 1 aromatic heterocycles. The molecular formula is C9H12N2O4. The van der Waals surface area contributed by atoms with Crippen LogP contribution in [0.25, 0.3) is 0 Å². The number of primary amides is 1. The summed E-state index contributed by atoms with van der Waals surface area (Å²) in [6, 6.07) is 1.19. The minimum atomic E-state index is -0.809. The lowest BCUT2D eigenvalue weighted by molar-refractivity contribution is 0.0995. The highest BCUT2D eigenvalue weighted by Crippen LogP contribution is 2.17. The molecule has 0 saturated heterocycles. The third-order valence-corrected chi connectivity index (χ3v) is 2.05. The third-order valence-electron chi connectivity index (χ3n) is 2.05. The van der Waals surface area contributed by atoms with Crippen molar-refractivity contribution in [3.05, 3.63) is 27.5 Å². The van der Waals surface area contributed by atoms with E-state index in [4.69, 9.17) is 10.8 Å². The molecule has 0 saturated carbocycles. The van der Waals surface area contributed by atoms with Crippen molar-refractivity contribution >= 4 is 5.91 Å². The van der Waals surface area contributed by atoms with Crippen molar-refractivity contribution < 1.29 is 15.0 Å². The third kappa shape index (κ3) is 1.99. The number of nitrogens with two attached hydrogens (primary N) is 1. The lowest BCUT2D eigenvalue weighted by atomic mass is 10.1. The second-order valence-electron chi connectivity index (χ2n) is 3.10. The van der Waals surface area contributed by atoms with Crippen LogP contribution < -0.4 is 11.3 Å². The Morgan fingerprint density at radius 3 is 2.67 bits per heavy atom. The van der Waals surface area contributed by atoms with E-state index in [-0.39, 0.29) is 18.7 Å². The Morgan fingerprint density at radius 2 is 2.20 bits per heavy atom. The Hall–Kier alpha value is -1.82. The maximum Gasteiger partial charge on any atom is 0.254 e. The number of pyridine rings is 1. The molecule has 0 unspecified atom stereocenters. The maximum absolute atomic E-state index is 11.4. The predicted molar refractivity (Wildman–Crippen MR) is 52.7 cm³/mol. The van der Waals surface area contributed by atoms with Gasteiger partial charge in [-0.2, -0.15) is 0 Å². The van der Waals surface area contributed by atoms with E-state index in [0.29, 0.717) is 5.56 Å². The summed E-state index contributed by atoms with van der Waals surface area (Å²) in [4.78, 5) is 22.4. The van der Waals surface area contributed by atoms with Crippen LogP contribution in [0, 0.1) is 6.92 Å². The Bertz CT molecular complexity index is 450. The molecule has 0 spiro atoms. The number of carbonyl (C=O) groups is 1. The van der Waals surface area contributed by atoms with Gasteiger partial charge in [-0.15, -0.1) is 0 Å². The molecule has 1 aromatic rings. The summed E-state index contributed by atoms with van der Waals surface area (Å²) in [7, 11) is 0. The smallest absolute Gasteiger partial charge is 0.254 e. The number of hydrogen-bond acceptors (Lipinski definition) is 4. The minimum absolute atomic E-state index is 0.0781. The molecule has 0 radical (unpaired) electrons. The van der Waals surface area contributed by atoms with Crippen LogP contribution in [0.15, 0.2) is 10.9 Å². The van der Waals surface area contributed by atoms with E-state index in [1.54, 1.807) is 0 Å². The van der Waals surface area contributed by atoms with Crippen LogP contribution in [0.2, 0.25) is 0 Å². The Labute approximate surface area is 85.6 Å². The van der Waals surface area contributed by atoms with Gasteiger partial charge in [-0.1, -0.05) is 0 Å². The Balaban J connectivity index is 3.49. The molecule has 1 rings (SSSR count). The van der Waals surface area contributed by atoms with Crippen LogP contribution >= 0.6 is 0 Å². The maximum atomic E-state index is 11.4. The van der Waals surface area contributed by atoms with Gasteiger partial charge in [0.2, 0.25) is 5.88 Å². The van der Waals surface area contributed by atoms with E-state index in [2.05, 4.69) is 0 Å². The van der Waals surface area contributed by atoms with Gasteiger partial charge in [0.15, 0.2) is 0 Å². The summed E-state index contributed by atoms with van der Waals surface area (Å²) in [5.74, 6) is -1.31. The molecule has 15 heavy (non-hydrogen) atoms. The molecule has 1 heterocycles. The number of aliphatic hydroxyl groups excluding tert-OH is 1. The normalized spacial score (nSPS) is 10.3. The van der Waals surface area contributed by atoms with Crippen LogP contribution in [-0.4, -0.2) is 27.3 Å². The fourth-order valence-corrected chi connectivity index (χ4v) is 1.37. The Kier molecular flexibility index (Phi) is 3.11.